The number of thiophene rings is 4. The average Bonchev–Trinajstić information content (AvgIpc) is 1.53. The van der Waals surface area contributed by atoms with Gasteiger partial charge in [-0.05, 0) is 177 Å². The predicted octanol–water partition coefficient (Wildman–Crippen LogP) is 35.7. The first-order chi connectivity index (χ1) is 65.5. The van der Waals surface area contributed by atoms with Gasteiger partial charge < -0.3 is 18.3 Å². The summed E-state index contributed by atoms with van der Waals surface area (Å²) in [5.41, 5.74) is 26.8. The highest BCUT2D eigenvalue weighted by Gasteiger charge is 2.27. The molecule has 12 aromatic heterocycles. The summed E-state index contributed by atoms with van der Waals surface area (Å²) in [6.45, 7) is 0. The number of para-hydroxylation sites is 2. The summed E-state index contributed by atoms with van der Waals surface area (Å²) in [4.78, 5) is 18.0. The fourth-order valence-corrected chi connectivity index (χ4v) is 29.0. The molecule has 0 saturated heterocycles. The van der Waals surface area contributed by atoms with Crippen LogP contribution in [0.2, 0.25) is 0 Å². The Kier molecular flexibility index (Phi) is 16.6. The highest BCUT2D eigenvalue weighted by molar-refractivity contribution is 7.28. The summed E-state index contributed by atoms with van der Waals surface area (Å²) in [6, 6.07) is 133. The van der Waals surface area contributed by atoms with Crippen molar-refractivity contribution >= 4 is 343 Å². The first-order valence-corrected chi connectivity index (χ1v) is 50.6. The minimum atomic E-state index is 1.06. The molecule has 0 unspecified atom stereocenters. The van der Waals surface area contributed by atoms with Crippen LogP contribution < -0.4 is 0 Å². The summed E-state index contributed by atoms with van der Waals surface area (Å²) < 4.78 is 25.4. The van der Waals surface area contributed by atoms with Crippen LogP contribution in [0.25, 0.3) is 275 Å². The number of fused-ring (bicyclic) bond motifs is 40. The van der Waals surface area contributed by atoms with Gasteiger partial charge in [-0.25, -0.2) is 19.9 Å². The van der Waals surface area contributed by atoms with E-state index in [0.717, 1.165) is 22.1 Å². The van der Waals surface area contributed by atoms with Crippen molar-refractivity contribution in [2.45, 2.75) is 0 Å². The summed E-state index contributed by atoms with van der Waals surface area (Å²) in [7, 11) is 0. The molecule has 0 spiro atoms. The lowest BCUT2D eigenvalue weighted by molar-refractivity contribution is 1.19. The molecule has 0 aliphatic heterocycles. The highest BCUT2D eigenvalue weighted by Crippen LogP contribution is 2.53. The summed E-state index contributed by atoms with van der Waals surface area (Å²) in [5, 5.41) is 31.7. The second kappa shape index (κ2) is 29.3. The van der Waals surface area contributed by atoms with Crippen LogP contribution in [0.5, 0.6) is 0 Å². The van der Waals surface area contributed by atoms with Crippen LogP contribution in [-0.2, 0) is 0 Å². The Morgan fingerprint density at radius 3 is 1.14 bits per heavy atom. The minimum absolute atomic E-state index is 1.06. The van der Waals surface area contributed by atoms with Gasteiger partial charge >= 0.3 is 0 Å². The van der Waals surface area contributed by atoms with E-state index in [4.69, 9.17) is 0 Å². The molecule has 616 valence electrons. The van der Waals surface area contributed by atoms with Crippen LogP contribution in [-0.4, -0.2) is 38.2 Å². The lowest BCUT2D eigenvalue weighted by Crippen LogP contribution is -1.94. The summed E-state index contributed by atoms with van der Waals surface area (Å²) in [6.07, 6.45) is 0. The van der Waals surface area contributed by atoms with E-state index in [1.54, 1.807) is 45.3 Å². The molecule has 0 bridgehead atoms. The first-order valence-electron chi connectivity index (χ1n) is 43.9. The minimum Gasteiger partial charge on any atom is -0.309 e. The highest BCUT2D eigenvalue weighted by atomic mass is 32.1. The largest absolute Gasteiger partial charge is 0.309 e. The molecule has 20 aromatic carbocycles. The van der Waals surface area contributed by atoms with E-state index >= 15 is 0 Å². The van der Waals surface area contributed by atoms with Gasteiger partial charge in [0, 0.05) is 143 Å². The smallest absolute Gasteiger partial charge is 0.0813 e. The van der Waals surface area contributed by atoms with Gasteiger partial charge in [0.2, 0.25) is 0 Å². The fraction of sp³-hybridized carbons (Fsp3) is 0. The van der Waals surface area contributed by atoms with Gasteiger partial charge in [-0.3, -0.25) is 0 Å². The molecular weight excluding hydrogens is 1760 g/mol. The van der Waals surface area contributed by atoms with Crippen LogP contribution in [0.3, 0.4) is 0 Å². The molecule has 0 radical (unpaired) electrons. The van der Waals surface area contributed by atoms with Gasteiger partial charge in [0.15, 0.2) is 0 Å². The topological polar surface area (TPSA) is 71.3 Å². The van der Waals surface area contributed by atoms with E-state index in [2.05, 4.69) is 402 Å². The number of aromatic nitrogens is 8. The van der Waals surface area contributed by atoms with Crippen LogP contribution in [0, 0.1) is 0 Å². The van der Waals surface area contributed by atoms with E-state index in [0.29, 0.717) is 0 Å². The Morgan fingerprint density at radius 1 is 0.167 bits per heavy atom. The van der Waals surface area contributed by atoms with Crippen LogP contribution in [0.1, 0.15) is 0 Å². The van der Waals surface area contributed by atoms with Crippen molar-refractivity contribution in [2.24, 2.45) is 0 Å². The van der Waals surface area contributed by atoms with Gasteiger partial charge in [0.1, 0.15) is 0 Å². The Labute approximate surface area is 782 Å². The standard InChI is InChI=1S/4C29H16N2S2/c1-2-8-19-18(7-1)26-21-10-4-6-12-24(21)33-29(26)27-20-9-3-5-11-23(20)31(28(19)27)17-13-14-22-25(15-17)32-16-30-22;1-2-8-19-18(7-1)26-20-9-3-5-11-23(20)31(17-13-14-22-25(15-17)32-16-30-22)28(26)29-27(19)21-10-4-6-12-24(21)33-29;1-2-6-19-17(5-1)9-14-24-27(19)22-12-11-21-20-7-3-4-8-25(20)33-29(21)28(22)31(24)18-10-13-23-26(15-18)32-16-30-23;1-2-6-18-12-25-21(11-17(18)5-1)22-15-28-23(20-7-3-4-8-27(20)33-28)14-26(22)31(25)19-9-10-24-29(13-19)32-16-30-24/h4*1-16H. The van der Waals surface area contributed by atoms with Gasteiger partial charge in [-0.2, -0.15) is 0 Å². The molecule has 0 aliphatic carbocycles. The number of nitrogens with zero attached hydrogens (tertiary/aromatic N) is 8. The zero-order valence-corrected chi connectivity index (χ0v) is 76.3. The normalized spacial score (nSPS) is 12.2. The van der Waals surface area contributed by atoms with Crippen molar-refractivity contribution in [3.63, 3.8) is 0 Å². The van der Waals surface area contributed by atoms with Crippen molar-refractivity contribution in [1.82, 2.24) is 38.2 Å². The molecule has 12 heterocycles. The fourth-order valence-electron chi connectivity index (χ4n) is 21.2. The molecule has 0 atom stereocenters. The Morgan fingerprint density at radius 2 is 0.561 bits per heavy atom. The van der Waals surface area contributed by atoms with Crippen molar-refractivity contribution in [3.8, 4) is 22.7 Å². The molecule has 16 heteroatoms. The molecule has 32 rings (SSSR count). The maximum Gasteiger partial charge on any atom is 0.0813 e. The zero-order chi connectivity index (χ0) is 86.1. The Hall–Kier alpha value is -14.9. The third-order valence-electron chi connectivity index (χ3n) is 26.9. The van der Waals surface area contributed by atoms with Gasteiger partial charge in [0.25, 0.3) is 0 Å². The SMILES string of the molecule is c1ccc2c(c1)ccc1c2c2ccc3c4ccccc4sc3c2n1-c1ccc2ncsc2c1.c1ccc2c(c1)sc1c2c2ccccc2c2c1c1ccccc1n2-c1ccc2ncsc2c1.c1ccc2c(c1)sc1c2c2ccccc2c2c3ccccc3n(-c3ccc4ncsc4c3)c12.c1ccc2cc3c(cc2c1)c1cc2sc4ccccc4c2cc1n3-c1ccc2ncsc2c1. The lowest BCUT2D eigenvalue weighted by atomic mass is 9.99. The average molecular weight is 1830 g/mol. The Bertz CT molecular complexity index is 10400. The van der Waals surface area contributed by atoms with Crippen LogP contribution >= 0.6 is 90.7 Å². The monoisotopic (exact) mass is 1820 g/mol. The van der Waals surface area contributed by atoms with Gasteiger partial charge in [0.05, 0.1) is 116 Å². The number of thiazole rings is 4. The predicted molar refractivity (Wildman–Crippen MR) is 577 cm³/mol. The van der Waals surface area contributed by atoms with E-state index in [9.17, 15) is 0 Å². The molecule has 0 saturated carbocycles. The lowest BCUT2D eigenvalue weighted by Gasteiger charge is -2.11. The number of hydrogen-bond donors (Lipinski definition) is 0. The van der Waals surface area contributed by atoms with Gasteiger partial charge in [-0.1, -0.05) is 224 Å². The maximum absolute atomic E-state index is 4.50. The van der Waals surface area contributed by atoms with Crippen LogP contribution in [0.4, 0.5) is 0 Å². The quantitative estimate of drug-likeness (QED) is 0.176. The molecule has 8 nitrogen and oxygen atoms in total. The molecule has 0 aliphatic rings. The van der Waals surface area contributed by atoms with Crippen molar-refractivity contribution in [3.05, 3.63) is 386 Å². The number of hydrogen-bond acceptors (Lipinski definition) is 12. The molecule has 0 N–H and O–H groups in total. The van der Waals surface area contributed by atoms with E-state index < -0.39 is 0 Å². The third kappa shape index (κ3) is 11.2. The maximum atomic E-state index is 4.50. The van der Waals surface area contributed by atoms with E-state index in [1.165, 1.54) is 253 Å². The number of rotatable bonds is 4. The molecule has 32 aromatic rings. The Balaban J connectivity index is 0.0000000862. The van der Waals surface area contributed by atoms with Crippen molar-refractivity contribution < 1.29 is 0 Å². The van der Waals surface area contributed by atoms with E-state index in [1.807, 2.05) is 67.4 Å². The first kappa shape index (κ1) is 75.0. The zero-order valence-electron chi connectivity index (χ0n) is 69.8. The summed E-state index contributed by atoms with van der Waals surface area (Å²) in [5.74, 6) is 0. The second-order valence-corrected chi connectivity index (χ2v) is 41.6. The number of benzene rings is 20. The van der Waals surface area contributed by atoms with Gasteiger partial charge in [-0.15, -0.1) is 90.7 Å². The van der Waals surface area contributed by atoms with Crippen LogP contribution in [0.15, 0.2) is 386 Å². The van der Waals surface area contributed by atoms with Crippen molar-refractivity contribution in [2.75, 3.05) is 0 Å². The molecule has 132 heavy (non-hydrogen) atoms. The third-order valence-corrected chi connectivity index (χ3v) is 34.7. The molecular formula is C116H64N8S8. The van der Waals surface area contributed by atoms with E-state index in [-0.39, 0.29) is 0 Å². The summed E-state index contributed by atoms with van der Waals surface area (Å²) >= 11 is 14.4. The van der Waals surface area contributed by atoms with Crippen molar-refractivity contribution in [1.29, 1.82) is 0 Å². The second-order valence-electron chi connectivity index (χ2n) is 33.8. The molecule has 0 fully saturated rings. The molecule has 0 amide bonds.